The summed E-state index contributed by atoms with van der Waals surface area (Å²) in [6.07, 6.45) is -4.19. The van der Waals surface area contributed by atoms with Crippen molar-refractivity contribution in [2.75, 3.05) is 18.8 Å². The Labute approximate surface area is 161 Å². The van der Waals surface area contributed by atoms with E-state index in [0.717, 1.165) is 12.1 Å². The largest absolute Gasteiger partial charge is 0.416 e. The van der Waals surface area contributed by atoms with Gasteiger partial charge in [0.15, 0.2) is 9.84 Å². The van der Waals surface area contributed by atoms with Gasteiger partial charge in [0.05, 0.1) is 23.0 Å². The van der Waals surface area contributed by atoms with Gasteiger partial charge in [0.25, 0.3) is 0 Å². The van der Waals surface area contributed by atoms with E-state index in [4.69, 9.17) is 0 Å². The summed E-state index contributed by atoms with van der Waals surface area (Å²) in [6.45, 7) is 0.378. The molecule has 8 heteroatoms. The lowest BCUT2D eigenvalue weighted by Gasteiger charge is -2.20. The fourth-order valence-electron chi connectivity index (χ4n) is 3.33. The summed E-state index contributed by atoms with van der Waals surface area (Å²) < 4.78 is 63.1. The first-order valence-electron chi connectivity index (χ1n) is 8.87. The number of hydrogen-bond donors (Lipinski definition) is 0. The molecule has 150 valence electrons. The minimum absolute atomic E-state index is 0.0613. The smallest absolute Gasteiger partial charge is 0.341 e. The normalized spacial score (nSPS) is 19.8. The van der Waals surface area contributed by atoms with Gasteiger partial charge in [0.2, 0.25) is 5.91 Å². The van der Waals surface area contributed by atoms with Crippen molar-refractivity contribution in [1.29, 1.82) is 0 Å². The van der Waals surface area contributed by atoms with Gasteiger partial charge in [0.1, 0.15) is 0 Å². The lowest BCUT2D eigenvalue weighted by Crippen LogP contribution is -2.34. The molecule has 1 saturated heterocycles. The third-order valence-electron chi connectivity index (χ3n) is 4.90. The number of rotatable bonds is 3. The molecule has 1 amide bonds. The number of amides is 1. The van der Waals surface area contributed by atoms with Crippen molar-refractivity contribution in [1.82, 2.24) is 4.90 Å². The van der Waals surface area contributed by atoms with E-state index in [-0.39, 0.29) is 31.2 Å². The number of halogens is 3. The van der Waals surface area contributed by atoms with Crippen LogP contribution in [0.2, 0.25) is 0 Å². The Bertz CT molecular complexity index is 925. The number of carbonyl (C=O) groups excluding carboxylic acids is 1. The minimum atomic E-state index is -4.42. The third kappa shape index (κ3) is 4.73. The lowest BCUT2D eigenvalue weighted by molar-refractivity contribution is -0.137. The molecule has 0 spiro atoms. The molecular weight excluding hydrogens is 391 g/mol. The Morgan fingerprint density at radius 2 is 1.64 bits per heavy atom. The zero-order valence-electron chi connectivity index (χ0n) is 15.0. The van der Waals surface area contributed by atoms with Crippen LogP contribution < -0.4 is 0 Å². The molecule has 1 unspecified atom stereocenters. The first-order chi connectivity index (χ1) is 13.2. The zero-order valence-corrected chi connectivity index (χ0v) is 15.8. The van der Waals surface area contributed by atoms with Crippen LogP contribution in [0.4, 0.5) is 13.2 Å². The van der Waals surface area contributed by atoms with Crippen molar-refractivity contribution in [2.45, 2.75) is 24.3 Å². The molecule has 2 aromatic rings. The Kier molecular flexibility index (Phi) is 5.79. The number of alkyl halides is 3. The summed E-state index contributed by atoms with van der Waals surface area (Å²) in [5, 5.41) is -0.655. The maximum absolute atomic E-state index is 12.6. The van der Waals surface area contributed by atoms with Crippen LogP contribution in [0.5, 0.6) is 0 Å². The highest BCUT2D eigenvalue weighted by molar-refractivity contribution is 7.91. The molecule has 2 aromatic carbocycles. The topological polar surface area (TPSA) is 54.5 Å². The molecule has 1 heterocycles. The van der Waals surface area contributed by atoms with Crippen LogP contribution >= 0.6 is 0 Å². The molecule has 0 saturated carbocycles. The number of sulfone groups is 1. The summed E-state index contributed by atoms with van der Waals surface area (Å²) >= 11 is 0. The van der Waals surface area contributed by atoms with Crippen LogP contribution in [0, 0.1) is 0 Å². The molecule has 0 radical (unpaired) electrons. The monoisotopic (exact) mass is 411 g/mol. The van der Waals surface area contributed by atoms with Crippen molar-refractivity contribution >= 4 is 15.7 Å². The molecule has 1 atom stereocenters. The fourth-order valence-corrected chi connectivity index (χ4v) is 5.13. The van der Waals surface area contributed by atoms with E-state index in [2.05, 4.69) is 0 Å². The Hall–Kier alpha value is -2.35. The Balaban J connectivity index is 1.69. The molecule has 1 aliphatic rings. The molecular formula is C20H20F3NO3S. The van der Waals surface area contributed by atoms with Gasteiger partial charge in [0, 0.05) is 13.1 Å². The van der Waals surface area contributed by atoms with Crippen molar-refractivity contribution in [2.24, 2.45) is 0 Å². The van der Waals surface area contributed by atoms with Gasteiger partial charge in [-0.05, 0) is 29.7 Å². The van der Waals surface area contributed by atoms with Crippen LogP contribution in [0.3, 0.4) is 0 Å². The van der Waals surface area contributed by atoms with E-state index >= 15 is 0 Å². The molecule has 0 N–H and O–H groups in total. The molecule has 0 aromatic heterocycles. The van der Waals surface area contributed by atoms with Gasteiger partial charge in [-0.25, -0.2) is 8.42 Å². The lowest BCUT2D eigenvalue weighted by atomic mass is 10.1. The van der Waals surface area contributed by atoms with Crippen LogP contribution in [0.25, 0.3) is 0 Å². The molecule has 1 aliphatic heterocycles. The number of hydrogen-bond acceptors (Lipinski definition) is 3. The molecule has 3 rings (SSSR count). The van der Waals surface area contributed by atoms with E-state index in [1.165, 1.54) is 17.0 Å². The van der Waals surface area contributed by atoms with Crippen LogP contribution in [-0.4, -0.2) is 38.1 Å². The van der Waals surface area contributed by atoms with E-state index in [1.54, 1.807) is 24.3 Å². The Morgan fingerprint density at radius 3 is 2.25 bits per heavy atom. The average molecular weight is 411 g/mol. The van der Waals surface area contributed by atoms with Gasteiger partial charge in [-0.1, -0.05) is 42.5 Å². The Morgan fingerprint density at radius 1 is 1.00 bits per heavy atom. The molecule has 0 bridgehead atoms. The highest BCUT2D eigenvalue weighted by Crippen LogP contribution is 2.30. The van der Waals surface area contributed by atoms with E-state index in [1.807, 2.05) is 6.07 Å². The quantitative estimate of drug-likeness (QED) is 0.775. The summed E-state index contributed by atoms with van der Waals surface area (Å²) in [5.74, 6) is -0.422. The maximum atomic E-state index is 12.6. The summed E-state index contributed by atoms with van der Waals surface area (Å²) in [6, 6.07) is 13.4. The SMILES string of the molecule is O=C(Cc1ccc(C(F)(F)F)cc1)N1CCC(c2ccccc2)S(=O)(=O)CC1. The first kappa shape index (κ1) is 20.4. The summed E-state index contributed by atoms with van der Waals surface area (Å²) in [4.78, 5) is 14.0. The molecule has 28 heavy (non-hydrogen) atoms. The predicted octanol–water partition coefficient (Wildman–Crippen LogP) is 3.64. The van der Waals surface area contributed by atoms with Gasteiger partial charge >= 0.3 is 6.18 Å². The highest BCUT2D eigenvalue weighted by Gasteiger charge is 2.33. The van der Waals surface area contributed by atoms with Crippen LogP contribution in [-0.2, 0) is 27.2 Å². The van der Waals surface area contributed by atoms with E-state index in [0.29, 0.717) is 17.5 Å². The maximum Gasteiger partial charge on any atom is 0.416 e. The van der Waals surface area contributed by atoms with Crippen molar-refractivity contribution in [3.8, 4) is 0 Å². The average Bonchev–Trinajstić information content (AvgIpc) is 2.80. The van der Waals surface area contributed by atoms with Gasteiger partial charge in [-0.3, -0.25) is 4.79 Å². The van der Waals surface area contributed by atoms with Crippen molar-refractivity contribution in [3.63, 3.8) is 0 Å². The summed E-state index contributed by atoms with van der Waals surface area (Å²) in [7, 11) is -3.39. The van der Waals surface area contributed by atoms with Crippen LogP contribution in [0.15, 0.2) is 54.6 Å². The number of benzene rings is 2. The second-order valence-electron chi connectivity index (χ2n) is 6.81. The highest BCUT2D eigenvalue weighted by atomic mass is 32.2. The van der Waals surface area contributed by atoms with Crippen molar-refractivity contribution in [3.05, 3.63) is 71.3 Å². The van der Waals surface area contributed by atoms with E-state index < -0.39 is 26.8 Å². The predicted molar refractivity (Wildman–Crippen MR) is 99.3 cm³/mol. The van der Waals surface area contributed by atoms with Gasteiger partial charge < -0.3 is 4.90 Å². The van der Waals surface area contributed by atoms with Crippen LogP contribution in [0.1, 0.15) is 28.4 Å². The minimum Gasteiger partial charge on any atom is -0.341 e. The summed E-state index contributed by atoms with van der Waals surface area (Å²) in [5.41, 5.74) is 0.402. The van der Waals surface area contributed by atoms with Gasteiger partial charge in [-0.15, -0.1) is 0 Å². The fraction of sp³-hybridized carbons (Fsp3) is 0.350. The second-order valence-corrected chi connectivity index (χ2v) is 9.11. The standard InChI is InChI=1S/C20H20F3NO3S/c21-20(22,23)17-8-6-15(7-9-17)14-19(25)24-11-10-18(28(26,27)13-12-24)16-4-2-1-3-5-16/h1-9,18H,10-14H2. The zero-order chi connectivity index (χ0) is 20.4. The first-order valence-corrected chi connectivity index (χ1v) is 10.6. The van der Waals surface area contributed by atoms with Gasteiger partial charge in [-0.2, -0.15) is 13.2 Å². The number of carbonyl (C=O) groups is 1. The second kappa shape index (κ2) is 7.95. The molecule has 0 aliphatic carbocycles. The van der Waals surface area contributed by atoms with E-state index in [9.17, 15) is 26.4 Å². The number of nitrogens with zero attached hydrogens (tertiary/aromatic N) is 1. The molecule has 4 nitrogen and oxygen atoms in total. The molecule has 1 fully saturated rings. The van der Waals surface area contributed by atoms with Crippen molar-refractivity contribution < 1.29 is 26.4 Å². The third-order valence-corrected chi connectivity index (χ3v) is 7.03.